The molecular weight excluding hydrogens is 789 g/mol. The van der Waals surface area contributed by atoms with Gasteiger partial charge in [-0.2, -0.15) is 0 Å². The van der Waals surface area contributed by atoms with Crippen molar-refractivity contribution in [2.24, 2.45) is 0 Å². The van der Waals surface area contributed by atoms with Crippen LogP contribution in [0.2, 0.25) is 0 Å². The second kappa shape index (κ2) is 54.9. The molecule has 0 amide bonds. The van der Waals surface area contributed by atoms with E-state index in [2.05, 4.69) is 81.5 Å². The van der Waals surface area contributed by atoms with Gasteiger partial charge in [0.25, 0.3) is 0 Å². The minimum Gasteiger partial charge on any atom is -0.462 e. The lowest BCUT2D eigenvalue weighted by Gasteiger charge is -2.18. The van der Waals surface area contributed by atoms with E-state index in [0.717, 1.165) is 83.5 Å². The van der Waals surface area contributed by atoms with Crippen LogP contribution in [0.3, 0.4) is 0 Å². The largest absolute Gasteiger partial charge is 0.462 e. The van der Waals surface area contributed by atoms with Crippen molar-refractivity contribution in [2.75, 3.05) is 19.8 Å². The average molecular weight is 895 g/mol. The predicted molar refractivity (Wildman–Crippen MR) is 279 cm³/mol. The van der Waals surface area contributed by atoms with Gasteiger partial charge in [-0.1, -0.05) is 242 Å². The van der Waals surface area contributed by atoms with E-state index in [1.807, 2.05) is 0 Å². The number of carbonyl (C=O) groups is 2. The van der Waals surface area contributed by atoms with Crippen LogP contribution in [-0.2, 0) is 23.8 Å². The monoisotopic (exact) mass is 895 g/mol. The highest BCUT2D eigenvalue weighted by Crippen LogP contribution is 2.16. The van der Waals surface area contributed by atoms with Gasteiger partial charge in [-0.05, 0) is 83.5 Å². The van der Waals surface area contributed by atoms with Crippen molar-refractivity contribution < 1.29 is 23.8 Å². The quantitative estimate of drug-likeness (QED) is 0.0346. The maximum atomic E-state index is 12.8. The molecule has 1 atom stereocenters. The van der Waals surface area contributed by atoms with Gasteiger partial charge in [0.2, 0.25) is 0 Å². The van der Waals surface area contributed by atoms with Crippen molar-refractivity contribution in [3.05, 3.63) is 60.8 Å². The topological polar surface area (TPSA) is 61.8 Å². The van der Waals surface area contributed by atoms with Gasteiger partial charge >= 0.3 is 11.9 Å². The van der Waals surface area contributed by atoms with Crippen LogP contribution in [0.15, 0.2) is 60.8 Å². The molecule has 1 unspecified atom stereocenters. The number of hydrogen-bond donors (Lipinski definition) is 0. The molecule has 5 nitrogen and oxygen atoms in total. The average Bonchev–Trinajstić information content (AvgIpc) is 3.30. The summed E-state index contributed by atoms with van der Waals surface area (Å²) in [5.74, 6) is -0.416. The van der Waals surface area contributed by atoms with Crippen molar-refractivity contribution >= 4 is 11.9 Å². The molecule has 372 valence electrons. The van der Waals surface area contributed by atoms with Crippen LogP contribution >= 0.6 is 0 Å². The first-order valence-corrected chi connectivity index (χ1v) is 27.8. The minimum atomic E-state index is -0.548. The summed E-state index contributed by atoms with van der Waals surface area (Å²) in [7, 11) is 0. The molecule has 0 aliphatic rings. The van der Waals surface area contributed by atoms with E-state index in [-0.39, 0.29) is 25.2 Å². The summed E-state index contributed by atoms with van der Waals surface area (Å²) in [4.78, 5) is 25.5. The van der Waals surface area contributed by atoms with Gasteiger partial charge in [-0.3, -0.25) is 9.59 Å². The summed E-state index contributed by atoms with van der Waals surface area (Å²) < 4.78 is 17.4. The number of esters is 2. The molecule has 0 saturated carbocycles. The highest BCUT2D eigenvalue weighted by molar-refractivity contribution is 5.70. The van der Waals surface area contributed by atoms with Gasteiger partial charge in [0.1, 0.15) is 6.61 Å². The highest BCUT2D eigenvalue weighted by Gasteiger charge is 2.17. The van der Waals surface area contributed by atoms with E-state index in [9.17, 15) is 9.59 Å². The molecule has 0 aliphatic carbocycles. The molecule has 0 N–H and O–H groups in total. The zero-order valence-corrected chi connectivity index (χ0v) is 42.8. The Labute approximate surface area is 398 Å². The molecule has 0 rings (SSSR count). The second-order valence-electron chi connectivity index (χ2n) is 18.5. The SMILES string of the molecule is CC/C=C\C/C=C\C/C=C\C/C=C\CCCCCCC(=O)OCC(COCCCCCCCC/C=C\CCCCCC)OC(=O)CCCCCCCCCCCCCCCCCCC. The van der Waals surface area contributed by atoms with Crippen LogP contribution in [0.25, 0.3) is 0 Å². The summed E-state index contributed by atoms with van der Waals surface area (Å²) >= 11 is 0. The van der Waals surface area contributed by atoms with E-state index in [1.165, 1.54) is 161 Å². The number of allylic oxidation sites excluding steroid dienone is 10. The Kier molecular flexibility index (Phi) is 52.9. The van der Waals surface area contributed by atoms with Crippen LogP contribution in [0.4, 0.5) is 0 Å². The standard InChI is InChI=1S/C59H106O5/c1-4-7-10-13-16-19-22-25-28-30-32-34-37-40-43-46-49-52-58(60)63-56-57(55-62-54-51-48-45-42-39-36-27-24-21-18-15-12-9-6-3)64-59(61)53-50-47-44-41-38-35-33-31-29-26-23-20-17-14-11-8-5-2/h7,10,16,19,21,24-25,28,32,34,57H,4-6,8-9,11-15,17-18,20,22-23,26-27,29-31,33,35-56H2,1-3H3/b10-7-,19-16-,24-21-,28-25-,34-32-. The Morgan fingerprint density at radius 1 is 0.359 bits per heavy atom. The summed E-state index contributed by atoms with van der Waals surface area (Å²) in [5, 5.41) is 0. The van der Waals surface area contributed by atoms with Gasteiger partial charge in [0, 0.05) is 19.4 Å². The van der Waals surface area contributed by atoms with Crippen LogP contribution in [0.5, 0.6) is 0 Å². The molecule has 0 radical (unpaired) electrons. The Morgan fingerprint density at radius 3 is 1.16 bits per heavy atom. The predicted octanol–water partition coefficient (Wildman–Crippen LogP) is 18.9. The van der Waals surface area contributed by atoms with Gasteiger partial charge in [0.15, 0.2) is 6.10 Å². The zero-order valence-electron chi connectivity index (χ0n) is 42.8. The van der Waals surface area contributed by atoms with Crippen molar-refractivity contribution in [3.63, 3.8) is 0 Å². The molecule has 0 bridgehead atoms. The van der Waals surface area contributed by atoms with Crippen LogP contribution < -0.4 is 0 Å². The maximum Gasteiger partial charge on any atom is 0.306 e. The third-order valence-electron chi connectivity index (χ3n) is 12.0. The number of ether oxygens (including phenoxy) is 3. The van der Waals surface area contributed by atoms with E-state index in [1.54, 1.807) is 0 Å². The van der Waals surface area contributed by atoms with Crippen LogP contribution in [0, 0.1) is 0 Å². The molecule has 0 spiro atoms. The van der Waals surface area contributed by atoms with Gasteiger partial charge in [-0.25, -0.2) is 0 Å². The highest BCUT2D eigenvalue weighted by atomic mass is 16.6. The first-order valence-electron chi connectivity index (χ1n) is 27.8. The summed E-state index contributed by atoms with van der Waals surface area (Å²) in [6.07, 6.45) is 69.5. The summed E-state index contributed by atoms with van der Waals surface area (Å²) in [5.41, 5.74) is 0. The van der Waals surface area contributed by atoms with Crippen LogP contribution in [0.1, 0.15) is 278 Å². The molecule has 5 heteroatoms. The molecule has 0 fully saturated rings. The number of carbonyl (C=O) groups excluding carboxylic acids is 2. The molecule has 0 aromatic heterocycles. The van der Waals surface area contributed by atoms with Crippen molar-refractivity contribution in [1.29, 1.82) is 0 Å². The Bertz CT molecular complexity index is 1100. The molecular formula is C59H106O5. The molecule has 0 aliphatic heterocycles. The summed E-state index contributed by atoms with van der Waals surface area (Å²) in [6, 6.07) is 0. The first-order chi connectivity index (χ1) is 31.6. The molecule has 64 heavy (non-hydrogen) atoms. The van der Waals surface area contributed by atoms with Crippen molar-refractivity contribution in [1.82, 2.24) is 0 Å². The molecule has 0 heterocycles. The van der Waals surface area contributed by atoms with Gasteiger partial charge < -0.3 is 14.2 Å². The van der Waals surface area contributed by atoms with E-state index in [0.29, 0.717) is 19.4 Å². The minimum absolute atomic E-state index is 0.0721. The number of rotatable bonds is 51. The van der Waals surface area contributed by atoms with Gasteiger partial charge in [-0.15, -0.1) is 0 Å². The summed E-state index contributed by atoms with van der Waals surface area (Å²) in [6.45, 7) is 7.70. The maximum absolute atomic E-state index is 12.8. The third-order valence-corrected chi connectivity index (χ3v) is 12.0. The molecule has 0 aromatic rings. The van der Waals surface area contributed by atoms with Crippen molar-refractivity contribution in [2.45, 2.75) is 284 Å². The first kappa shape index (κ1) is 61.6. The Morgan fingerprint density at radius 2 is 0.703 bits per heavy atom. The zero-order chi connectivity index (χ0) is 46.3. The fourth-order valence-electron chi connectivity index (χ4n) is 7.91. The third kappa shape index (κ3) is 52.2. The van der Waals surface area contributed by atoms with Gasteiger partial charge in [0.05, 0.1) is 6.61 Å². The van der Waals surface area contributed by atoms with E-state index in [4.69, 9.17) is 14.2 Å². The number of unbranched alkanes of at least 4 members (excludes halogenated alkanes) is 30. The molecule has 0 saturated heterocycles. The lowest BCUT2D eigenvalue weighted by molar-refractivity contribution is -0.163. The Balaban J connectivity index is 4.29. The lowest BCUT2D eigenvalue weighted by atomic mass is 10.0. The number of hydrogen-bond acceptors (Lipinski definition) is 5. The van der Waals surface area contributed by atoms with Crippen molar-refractivity contribution in [3.8, 4) is 0 Å². The second-order valence-corrected chi connectivity index (χ2v) is 18.5. The van der Waals surface area contributed by atoms with E-state index >= 15 is 0 Å². The van der Waals surface area contributed by atoms with E-state index < -0.39 is 6.10 Å². The smallest absolute Gasteiger partial charge is 0.306 e. The molecule has 0 aromatic carbocycles. The Hall–Kier alpha value is -2.40. The van der Waals surface area contributed by atoms with Crippen LogP contribution in [-0.4, -0.2) is 37.9 Å². The lowest BCUT2D eigenvalue weighted by Crippen LogP contribution is -2.30. The fourth-order valence-corrected chi connectivity index (χ4v) is 7.91. The fraction of sp³-hybridized carbons (Fsp3) is 0.797. The normalized spacial score (nSPS) is 12.6.